The van der Waals surface area contributed by atoms with Crippen LogP contribution in [0.4, 0.5) is 10.1 Å². The van der Waals surface area contributed by atoms with Gasteiger partial charge in [0.15, 0.2) is 0 Å². The van der Waals surface area contributed by atoms with E-state index in [9.17, 15) is 17.6 Å². The predicted molar refractivity (Wildman–Crippen MR) is 103 cm³/mol. The molecule has 2 aromatic carbocycles. The first kappa shape index (κ1) is 19.8. The molecule has 5 nitrogen and oxygen atoms in total. The van der Waals surface area contributed by atoms with E-state index in [1.54, 1.807) is 24.3 Å². The largest absolute Gasteiger partial charge is 0.326 e. The number of hydrogen-bond acceptors (Lipinski definition) is 3. The van der Waals surface area contributed by atoms with E-state index in [0.29, 0.717) is 42.2 Å². The molecule has 3 rings (SSSR count). The second kappa shape index (κ2) is 8.37. The van der Waals surface area contributed by atoms with Crippen molar-refractivity contribution in [2.75, 3.05) is 18.4 Å². The third kappa shape index (κ3) is 5.28. The number of anilines is 1. The number of carbonyl (C=O) groups excluding carboxylic acids is 1. The topological polar surface area (TPSA) is 66.5 Å². The van der Waals surface area contributed by atoms with Crippen molar-refractivity contribution in [1.29, 1.82) is 0 Å². The van der Waals surface area contributed by atoms with Gasteiger partial charge in [0.1, 0.15) is 5.82 Å². The lowest BCUT2D eigenvalue weighted by atomic mass is 9.97. The van der Waals surface area contributed by atoms with Gasteiger partial charge in [0, 0.05) is 29.7 Å². The maximum Gasteiger partial charge on any atom is 0.227 e. The van der Waals surface area contributed by atoms with Crippen molar-refractivity contribution in [3.05, 3.63) is 64.9 Å². The zero-order chi connectivity index (χ0) is 19.4. The average molecular weight is 411 g/mol. The first-order valence-corrected chi connectivity index (χ1v) is 10.6. The highest BCUT2D eigenvalue weighted by molar-refractivity contribution is 7.88. The van der Waals surface area contributed by atoms with Gasteiger partial charge in [-0.1, -0.05) is 23.7 Å². The molecule has 144 valence electrons. The van der Waals surface area contributed by atoms with Gasteiger partial charge in [-0.2, -0.15) is 0 Å². The molecule has 27 heavy (non-hydrogen) atoms. The fourth-order valence-electron chi connectivity index (χ4n) is 3.10. The summed E-state index contributed by atoms with van der Waals surface area (Å²) in [7, 11) is -3.46. The highest BCUT2D eigenvalue weighted by atomic mass is 35.5. The lowest BCUT2D eigenvalue weighted by Crippen LogP contribution is -2.41. The van der Waals surface area contributed by atoms with Gasteiger partial charge in [-0.25, -0.2) is 17.1 Å². The van der Waals surface area contributed by atoms with Crippen LogP contribution in [0.1, 0.15) is 18.4 Å². The van der Waals surface area contributed by atoms with E-state index in [1.807, 2.05) is 0 Å². The standard InChI is InChI=1S/C19H20ClFN2O3S/c20-16-3-1-2-14(12-16)13-27(25,26)23-10-8-15(9-11-23)19(24)22-18-6-4-17(21)5-7-18/h1-7,12,15H,8-11,13H2,(H,22,24). The second-order valence-electron chi connectivity index (χ2n) is 6.56. The lowest BCUT2D eigenvalue weighted by Gasteiger charge is -2.30. The number of benzene rings is 2. The van der Waals surface area contributed by atoms with Gasteiger partial charge in [0.25, 0.3) is 0 Å². The third-order valence-electron chi connectivity index (χ3n) is 4.57. The normalized spacial score (nSPS) is 16.2. The van der Waals surface area contributed by atoms with Crippen LogP contribution in [0.25, 0.3) is 0 Å². The average Bonchev–Trinajstić information content (AvgIpc) is 2.63. The van der Waals surface area contributed by atoms with E-state index in [4.69, 9.17) is 11.6 Å². The number of sulfonamides is 1. The van der Waals surface area contributed by atoms with Gasteiger partial charge in [0.05, 0.1) is 5.75 Å². The molecule has 1 aliphatic heterocycles. The summed E-state index contributed by atoms with van der Waals surface area (Å²) in [6.07, 6.45) is 0.892. The molecule has 0 aromatic heterocycles. The zero-order valence-electron chi connectivity index (χ0n) is 14.6. The van der Waals surface area contributed by atoms with Crippen molar-refractivity contribution < 1.29 is 17.6 Å². The molecule has 1 fully saturated rings. The minimum atomic E-state index is -3.46. The Labute approximate surface area is 163 Å². The van der Waals surface area contributed by atoms with Crippen LogP contribution in [-0.4, -0.2) is 31.7 Å². The Hall–Kier alpha value is -1.96. The van der Waals surface area contributed by atoms with Crippen molar-refractivity contribution in [2.45, 2.75) is 18.6 Å². The van der Waals surface area contributed by atoms with Crippen LogP contribution in [0.5, 0.6) is 0 Å². The van der Waals surface area contributed by atoms with E-state index in [2.05, 4.69) is 5.32 Å². The molecule has 1 saturated heterocycles. The van der Waals surface area contributed by atoms with Gasteiger partial charge in [0.2, 0.25) is 15.9 Å². The summed E-state index contributed by atoms with van der Waals surface area (Å²) in [4.78, 5) is 12.3. The van der Waals surface area contributed by atoms with Crippen LogP contribution >= 0.6 is 11.6 Å². The molecule has 0 spiro atoms. The van der Waals surface area contributed by atoms with Crippen molar-refractivity contribution in [2.24, 2.45) is 5.92 Å². The van der Waals surface area contributed by atoms with Crippen molar-refractivity contribution in [3.8, 4) is 0 Å². The Balaban J connectivity index is 1.56. The summed E-state index contributed by atoms with van der Waals surface area (Å²) in [6.45, 7) is 0.592. The Morgan fingerprint density at radius 3 is 2.44 bits per heavy atom. The molecule has 8 heteroatoms. The molecule has 0 aliphatic carbocycles. The molecule has 1 heterocycles. The first-order chi connectivity index (χ1) is 12.8. The highest BCUT2D eigenvalue weighted by Gasteiger charge is 2.31. The minimum absolute atomic E-state index is 0.111. The molecule has 0 bridgehead atoms. The van der Waals surface area contributed by atoms with E-state index in [0.717, 1.165) is 0 Å². The molecule has 2 aromatic rings. The molecular formula is C19H20ClFN2O3S. The minimum Gasteiger partial charge on any atom is -0.326 e. The van der Waals surface area contributed by atoms with E-state index >= 15 is 0 Å². The fraction of sp³-hybridized carbons (Fsp3) is 0.316. The Kier molecular flexibility index (Phi) is 6.14. The van der Waals surface area contributed by atoms with Gasteiger partial charge < -0.3 is 5.32 Å². The number of hydrogen-bond donors (Lipinski definition) is 1. The molecule has 1 N–H and O–H groups in total. The lowest BCUT2D eigenvalue weighted by molar-refractivity contribution is -0.120. The molecule has 1 aliphatic rings. The predicted octanol–water partition coefficient (Wildman–Crippen LogP) is 3.66. The number of halogens is 2. The van der Waals surface area contributed by atoms with Crippen LogP contribution in [0, 0.1) is 11.7 Å². The van der Waals surface area contributed by atoms with E-state index in [-0.39, 0.29) is 23.4 Å². The molecule has 0 atom stereocenters. The van der Waals surface area contributed by atoms with Gasteiger partial charge >= 0.3 is 0 Å². The second-order valence-corrected chi connectivity index (χ2v) is 8.96. The van der Waals surface area contributed by atoms with Crippen molar-refractivity contribution in [1.82, 2.24) is 4.31 Å². The van der Waals surface area contributed by atoms with Gasteiger partial charge in [-0.3, -0.25) is 4.79 Å². The van der Waals surface area contributed by atoms with Gasteiger partial charge in [-0.15, -0.1) is 0 Å². The zero-order valence-corrected chi connectivity index (χ0v) is 16.1. The highest BCUT2D eigenvalue weighted by Crippen LogP contribution is 2.24. The Morgan fingerprint density at radius 1 is 1.15 bits per heavy atom. The number of nitrogens with one attached hydrogen (secondary N) is 1. The fourth-order valence-corrected chi connectivity index (χ4v) is 4.87. The smallest absolute Gasteiger partial charge is 0.227 e. The van der Waals surface area contributed by atoms with E-state index in [1.165, 1.54) is 28.6 Å². The third-order valence-corrected chi connectivity index (χ3v) is 6.65. The Morgan fingerprint density at radius 2 is 1.81 bits per heavy atom. The van der Waals surface area contributed by atoms with Crippen LogP contribution in [0.3, 0.4) is 0 Å². The number of amides is 1. The Bertz CT molecular complexity index is 911. The summed E-state index contributed by atoms with van der Waals surface area (Å²) < 4.78 is 39.6. The number of rotatable bonds is 5. The number of carbonyl (C=O) groups is 1. The molecule has 0 unspecified atom stereocenters. The van der Waals surface area contributed by atoms with E-state index < -0.39 is 10.0 Å². The van der Waals surface area contributed by atoms with Gasteiger partial charge in [-0.05, 0) is 54.8 Å². The van der Waals surface area contributed by atoms with Crippen molar-refractivity contribution >= 4 is 33.2 Å². The monoisotopic (exact) mass is 410 g/mol. The SMILES string of the molecule is O=C(Nc1ccc(F)cc1)C1CCN(S(=O)(=O)Cc2cccc(Cl)c2)CC1. The van der Waals surface area contributed by atoms with Crippen molar-refractivity contribution in [3.63, 3.8) is 0 Å². The molecular weight excluding hydrogens is 391 g/mol. The maximum absolute atomic E-state index is 12.9. The molecule has 1 amide bonds. The summed E-state index contributed by atoms with van der Waals surface area (Å²) in [6, 6.07) is 12.3. The first-order valence-electron chi connectivity index (χ1n) is 8.62. The molecule has 0 saturated carbocycles. The van der Waals surface area contributed by atoms with Crippen LogP contribution in [0.2, 0.25) is 5.02 Å². The number of piperidine rings is 1. The van der Waals surface area contributed by atoms with Crippen LogP contribution < -0.4 is 5.32 Å². The van der Waals surface area contributed by atoms with Crippen LogP contribution in [-0.2, 0) is 20.6 Å². The summed E-state index contributed by atoms with van der Waals surface area (Å²) in [5, 5.41) is 3.25. The summed E-state index contributed by atoms with van der Waals surface area (Å²) >= 11 is 5.91. The number of nitrogens with zero attached hydrogens (tertiary/aromatic N) is 1. The molecule has 0 radical (unpaired) electrons. The van der Waals surface area contributed by atoms with Crippen LogP contribution in [0.15, 0.2) is 48.5 Å². The maximum atomic E-state index is 12.9. The summed E-state index contributed by atoms with van der Waals surface area (Å²) in [5.41, 5.74) is 1.16. The summed E-state index contributed by atoms with van der Waals surface area (Å²) in [5.74, 6) is -0.924. The quantitative estimate of drug-likeness (QED) is 0.818.